The van der Waals surface area contributed by atoms with Crippen molar-refractivity contribution in [2.24, 2.45) is 0 Å². The Morgan fingerprint density at radius 1 is 1.44 bits per heavy atom. The van der Waals surface area contributed by atoms with Crippen LogP contribution in [-0.2, 0) is 6.54 Å². The number of nitrogens with zero attached hydrogens (tertiary/aromatic N) is 1. The Hall–Kier alpha value is -1.88. The van der Waals surface area contributed by atoms with Crippen molar-refractivity contribution < 1.29 is 9.90 Å². The topological polar surface area (TPSA) is 62.2 Å². The van der Waals surface area contributed by atoms with E-state index in [1.165, 1.54) is 17.8 Å². The van der Waals surface area contributed by atoms with Crippen LogP contribution < -0.4 is 5.32 Å². The lowest BCUT2D eigenvalue weighted by atomic mass is 10.3. The average Bonchev–Trinajstić information content (AvgIpc) is 2.80. The first-order valence-corrected chi connectivity index (χ1v) is 5.64. The van der Waals surface area contributed by atoms with Gasteiger partial charge in [-0.2, -0.15) is 11.3 Å². The van der Waals surface area contributed by atoms with Crippen molar-refractivity contribution in [1.82, 2.24) is 4.98 Å². The van der Waals surface area contributed by atoms with Crippen LogP contribution in [0.5, 0.6) is 0 Å². The van der Waals surface area contributed by atoms with Crippen LogP contribution in [0.2, 0.25) is 0 Å². The van der Waals surface area contributed by atoms with E-state index in [2.05, 4.69) is 15.7 Å². The molecule has 82 valence electrons. The molecule has 0 aliphatic rings. The zero-order valence-electron chi connectivity index (χ0n) is 8.38. The molecule has 0 bridgehead atoms. The lowest BCUT2D eigenvalue weighted by molar-refractivity contribution is 0.0696. The highest BCUT2D eigenvalue weighted by Crippen LogP contribution is 2.10. The Labute approximate surface area is 96.6 Å². The zero-order chi connectivity index (χ0) is 11.4. The second-order valence-corrected chi connectivity index (χ2v) is 4.00. The quantitative estimate of drug-likeness (QED) is 0.853. The monoisotopic (exact) mass is 234 g/mol. The molecule has 0 spiro atoms. The summed E-state index contributed by atoms with van der Waals surface area (Å²) in [4.78, 5) is 14.6. The van der Waals surface area contributed by atoms with E-state index in [0.717, 1.165) is 0 Å². The first-order chi connectivity index (χ1) is 7.75. The van der Waals surface area contributed by atoms with Gasteiger partial charge < -0.3 is 10.4 Å². The molecule has 4 nitrogen and oxygen atoms in total. The normalized spacial score (nSPS) is 10.0. The highest BCUT2D eigenvalue weighted by atomic mass is 32.1. The van der Waals surface area contributed by atoms with Crippen LogP contribution >= 0.6 is 11.3 Å². The van der Waals surface area contributed by atoms with Gasteiger partial charge in [0.15, 0.2) is 0 Å². The first kappa shape index (κ1) is 10.6. The van der Waals surface area contributed by atoms with E-state index in [-0.39, 0.29) is 5.56 Å². The van der Waals surface area contributed by atoms with Crippen molar-refractivity contribution in [3.8, 4) is 0 Å². The fourth-order valence-electron chi connectivity index (χ4n) is 1.21. The van der Waals surface area contributed by atoms with E-state index in [1.54, 1.807) is 17.4 Å². The fraction of sp³-hybridized carbons (Fsp3) is 0.0909. The third kappa shape index (κ3) is 2.58. The molecule has 0 amide bonds. The minimum atomic E-state index is -0.961. The maximum atomic E-state index is 10.6. The van der Waals surface area contributed by atoms with Crippen LogP contribution in [0.1, 0.15) is 15.9 Å². The summed E-state index contributed by atoms with van der Waals surface area (Å²) < 4.78 is 0. The summed E-state index contributed by atoms with van der Waals surface area (Å²) in [5, 5.41) is 15.9. The van der Waals surface area contributed by atoms with Gasteiger partial charge in [0.25, 0.3) is 0 Å². The molecule has 2 aromatic heterocycles. The number of pyridine rings is 1. The van der Waals surface area contributed by atoms with E-state index in [0.29, 0.717) is 12.4 Å². The molecule has 2 N–H and O–H groups in total. The van der Waals surface area contributed by atoms with Crippen molar-refractivity contribution >= 4 is 23.1 Å². The first-order valence-electron chi connectivity index (χ1n) is 4.70. The van der Waals surface area contributed by atoms with E-state index < -0.39 is 5.97 Å². The fourth-order valence-corrected chi connectivity index (χ4v) is 1.88. The van der Waals surface area contributed by atoms with Crippen molar-refractivity contribution in [2.75, 3.05) is 5.32 Å². The lowest BCUT2D eigenvalue weighted by Crippen LogP contribution is -2.02. The average molecular weight is 234 g/mol. The number of carbonyl (C=O) groups is 1. The molecule has 2 heterocycles. The van der Waals surface area contributed by atoms with Crippen LogP contribution in [0.4, 0.5) is 5.82 Å². The molecule has 2 aromatic rings. The number of nitrogens with one attached hydrogen (secondary N) is 1. The third-order valence-corrected chi connectivity index (χ3v) is 2.80. The minimum absolute atomic E-state index is 0.195. The molecule has 0 fully saturated rings. The van der Waals surface area contributed by atoms with Gasteiger partial charge in [-0.05, 0) is 34.5 Å². The van der Waals surface area contributed by atoms with E-state index >= 15 is 0 Å². The number of carboxylic acids is 1. The maximum absolute atomic E-state index is 10.6. The minimum Gasteiger partial charge on any atom is -0.478 e. The van der Waals surface area contributed by atoms with Crippen LogP contribution in [0.25, 0.3) is 0 Å². The smallest absolute Gasteiger partial charge is 0.337 e. The molecule has 5 heteroatoms. The Balaban J connectivity index is 1.98. The molecule has 0 atom stereocenters. The number of hydrogen-bond acceptors (Lipinski definition) is 4. The van der Waals surface area contributed by atoms with Gasteiger partial charge in [-0.15, -0.1) is 0 Å². The molecule has 0 radical (unpaired) electrons. The molecule has 16 heavy (non-hydrogen) atoms. The summed E-state index contributed by atoms with van der Waals surface area (Å²) in [6, 6.07) is 5.23. The van der Waals surface area contributed by atoms with E-state index in [9.17, 15) is 4.79 Å². The third-order valence-electron chi connectivity index (χ3n) is 2.06. The Kier molecular flexibility index (Phi) is 3.16. The second kappa shape index (κ2) is 4.76. The lowest BCUT2D eigenvalue weighted by Gasteiger charge is -2.03. The molecular weight excluding hydrogens is 224 g/mol. The molecule has 0 aliphatic heterocycles. The summed E-state index contributed by atoms with van der Waals surface area (Å²) in [6.45, 7) is 0.697. The second-order valence-electron chi connectivity index (χ2n) is 3.22. The van der Waals surface area contributed by atoms with Gasteiger partial charge in [-0.25, -0.2) is 9.78 Å². The number of anilines is 1. The Morgan fingerprint density at radius 2 is 2.31 bits per heavy atom. The molecule has 0 aliphatic carbocycles. The Bertz CT molecular complexity index is 465. The molecule has 0 unspecified atom stereocenters. The standard InChI is InChI=1S/C11H10N2O2S/c14-11(15)9-1-2-10(13-6-9)12-5-8-3-4-16-7-8/h1-4,6-7H,5H2,(H,12,13)(H,14,15). The number of carboxylic acid groups (broad SMARTS) is 1. The number of thiophene rings is 1. The number of hydrogen-bond donors (Lipinski definition) is 2. The predicted octanol–water partition coefficient (Wildman–Crippen LogP) is 2.45. The van der Waals surface area contributed by atoms with Crippen molar-refractivity contribution in [2.45, 2.75) is 6.54 Å². The van der Waals surface area contributed by atoms with Crippen LogP contribution in [0.15, 0.2) is 35.2 Å². The van der Waals surface area contributed by atoms with Gasteiger partial charge in [0.05, 0.1) is 5.56 Å². The molecular formula is C11H10N2O2S. The summed E-state index contributed by atoms with van der Waals surface area (Å²) in [6.07, 6.45) is 1.35. The highest BCUT2D eigenvalue weighted by Gasteiger charge is 2.02. The van der Waals surface area contributed by atoms with E-state index in [1.807, 2.05) is 11.4 Å². The molecule has 0 aromatic carbocycles. The maximum Gasteiger partial charge on any atom is 0.337 e. The highest BCUT2D eigenvalue weighted by molar-refractivity contribution is 7.07. The largest absolute Gasteiger partial charge is 0.478 e. The van der Waals surface area contributed by atoms with Gasteiger partial charge >= 0.3 is 5.97 Å². The van der Waals surface area contributed by atoms with Gasteiger partial charge in [-0.3, -0.25) is 0 Å². The van der Waals surface area contributed by atoms with Gasteiger partial charge in [0.2, 0.25) is 0 Å². The molecule has 0 saturated carbocycles. The van der Waals surface area contributed by atoms with Crippen molar-refractivity contribution in [3.63, 3.8) is 0 Å². The van der Waals surface area contributed by atoms with Gasteiger partial charge in [-0.1, -0.05) is 0 Å². The van der Waals surface area contributed by atoms with Crippen LogP contribution in [0.3, 0.4) is 0 Å². The number of aromatic carboxylic acids is 1. The van der Waals surface area contributed by atoms with Gasteiger partial charge in [0.1, 0.15) is 5.82 Å². The molecule has 2 rings (SSSR count). The molecule has 0 saturated heterocycles. The van der Waals surface area contributed by atoms with Gasteiger partial charge in [0, 0.05) is 12.7 Å². The predicted molar refractivity (Wildman–Crippen MR) is 62.8 cm³/mol. The van der Waals surface area contributed by atoms with Crippen molar-refractivity contribution in [1.29, 1.82) is 0 Å². The Morgan fingerprint density at radius 3 is 2.88 bits per heavy atom. The van der Waals surface area contributed by atoms with E-state index in [4.69, 9.17) is 5.11 Å². The number of rotatable bonds is 4. The number of aromatic nitrogens is 1. The van der Waals surface area contributed by atoms with Crippen LogP contribution in [0, 0.1) is 0 Å². The SMILES string of the molecule is O=C(O)c1ccc(NCc2ccsc2)nc1. The van der Waals surface area contributed by atoms with Crippen LogP contribution in [-0.4, -0.2) is 16.1 Å². The summed E-state index contributed by atoms with van der Waals surface area (Å²) >= 11 is 1.64. The zero-order valence-corrected chi connectivity index (χ0v) is 9.20. The van der Waals surface area contributed by atoms with Crippen molar-refractivity contribution in [3.05, 3.63) is 46.3 Å². The summed E-state index contributed by atoms with van der Waals surface area (Å²) in [5.74, 6) is -0.284. The summed E-state index contributed by atoms with van der Waals surface area (Å²) in [7, 11) is 0. The summed E-state index contributed by atoms with van der Waals surface area (Å²) in [5.41, 5.74) is 1.38.